The van der Waals surface area contributed by atoms with E-state index in [0.717, 1.165) is 45.6 Å². The van der Waals surface area contributed by atoms with E-state index in [1.165, 1.54) is 18.0 Å². The molecule has 2 aromatic rings. The van der Waals surface area contributed by atoms with Gasteiger partial charge in [-0.15, -0.1) is 0 Å². The molecule has 2 unspecified atom stereocenters. The van der Waals surface area contributed by atoms with Gasteiger partial charge in [-0.3, -0.25) is 9.88 Å². The van der Waals surface area contributed by atoms with Crippen molar-refractivity contribution in [2.75, 3.05) is 31.1 Å². The highest BCUT2D eigenvalue weighted by atomic mass is 19.4. The van der Waals surface area contributed by atoms with Crippen LogP contribution in [0.15, 0.2) is 36.9 Å². The zero-order chi connectivity index (χ0) is 29.2. The second-order valence-corrected chi connectivity index (χ2v) is 8.17. The van der Waals surface area contributed by atoms with Crippen LogP contribution in [0.5, 0.6) is 0 Å². The Labute approximate surface area is 217 Å². The highest BCUT2D eigenvalue weighted by Crippen LogP contribution is 2.26. The van der Waals surface area contributed by atoms with Crippen molar-refractivity contribution in [3.63, 3.8) is 0 Å². The predicted molar refractivity (Wildman–Crippen MR) is 119 cm³/mol. The molecule has 2 atom stereocenters. The molecule has 2 aliphatic rings. The Balaban J connectivity index is 0.000000317. The molecular weight excluding hydrogens is 547 g/mol. The minimum Gasteiger partial charge on any atom is -0.475 e. The fourth-order valence-corrected chi connectivity index (χ4v) is 3.75. The lowest BCUT2D eigenvalue weighted by Crippen LogP contribution is -2.50. The molecule has 0 amide bonds. The van der Waals surface area contributed by atoms with Crippen LogP contribution < -0.4 is 4.90 Å². The lowest BCUT2D eigenvalue weighted by molar-refractivity contribution is -0.193. The quantitative estimate of drug-likeness (QED) is 0.531. The predicted octanol–water partition coefficient (Wildman–Crippen LogP) is 3.15. The normalized spacial score (nSPS) is 19.8. The second-order valence-electron chi connectivity index (χ2n) is 8.17. The van der Waals surface area contributed by atoms with Crippen molar-refractivity contribution in [2.24, 2.45) is 0 Å². The average molecular weight is 571 g/mol. The molecule has 2 N–H and O–H groups in total. The largest absolute Gasteiger partial charge is 0.490 e. The summed E-state index contributed by atoms with van der Waals surface area (Å²) < 4.78 is 82.6. The maximum Gasteiger partial charge on any atom is 0.490 e. The second kappa shape index (κ2) is 14.0. The minimum absolute atomic E-state index is 0.223. The Bertz CT molecular complexity index is 1030. The summed E-state index contributed by atoms with van der Waals surface area (Å²) >= 11 is 0. The van der Waals surface area contributed by atoms with E-state index in [1.807, 2.05) is 12.4 Å². The molecule has 2 saturated heterocycles. The topological polar surface area (TPSA) is 129 Å². The summed E-state index contributed by atoms with van der Waals surface area (Å²) in [6.45, 7) is 4.30. The number of aromatic nitrogens is 3. The van der Waals surface area contributed by atoms with E-state index in [-0.39, 0.29) is 6.10 Å². The molecule has 2 fully saturated rings. The lowest BCUT2D eigenvalue weighted by Gasteiger charge is -2.40. The number of morpholine rings is 1. The molecule has 216 valence electrons. The summed E-state index contributed by atoms with van der Waals surface area (Å²) in [7, 11) is 0. The van der Waals surface area contributed by atoms with Gasteiger partial charge in [-0.2, -0.15) is 26.3 Å². The summed E-state index contributed by atoms with van der Waals surface area (Å²) in [5.74, 6) is -5.32. The van der Waals surface area contributed by atoms with Gasteiger partial charge in [-0.05, 0) is 30.5 Å². The molecule has 4 heterocycles. The van der Waals surface area contributed by atoms with Gasteiger partial charge in [-0.25, -0.2) is 23.9 Å². The molecule has 39 heavy (non-hydrogen) atoms. The Morgan fingerprint density at radius 1 is 0.923 bits per heavy atom. The number of carboxylic acids is 2. The van der Waals surface area contributed by atoms with Gasteiger partial charge in [-0.1, -0.05) is 0 Å². The molecule has 0 saturated carbocycles. The van der Waals surface area contributed by atoms with Gasteiger partial charge in [0.05, 0.1) is 25.1 Å². The number of carbonyl (C=O) groups is 2. The van der Waals surface area contributed by atoms with Crippen LogP contribution in [0.3, 0.4) is 0 Å². The van der Waals surface area contributed by atoms with E-state index in [1.54, 1.807) is 0 Å². The van der Waals surface area contributed by atoms with Crippen LogP contribution in [0.2, 0.25) is 0 Å². The van der Waals surface area contributed by atoms with E-state index in [2.05, 4.69) is 36.9 Å². The van der Waals surface area contributed by atoms with Crippen molar-refractivity contribution in [1.82, 2.24) is 19.9 Å². The number of ether oxygens (including phenoxy) is 1. The number of pyridine rings is 1. The minimum atomic E-state index is -5.08. The van der Waals surface area contributed by atoms with Crippen LogP contribution in [-0.2, 0) is 20.9 Å². The van der Waals surface area contributed by atoms with E-state index >= 15 is 0 Å². The maximum absolute atomic E-state index is 13.1. The standard InChI is InChI=1S/C18H22FN5O.2C2HF3O2/c19-15-11-21-18(22-12-15)23-7-3-16-17(4-8-23)25-10-9-24(16)13-14-1-5-20-6-2-14;2*3-2(4,5)1(6)7/h1-2,5-6,11-12,16-17H,3-4,7-10,13H2;2*(H,6,7). The van der Waals surface area contributed by atoms with E-state index in [4.69, 9.17) is 24.5 Å². The molecule has 0 aromatic carbocycles. The molecule has 0 radical (unpaired) electrons. The fourth-order valence-electron chi connectivity index (χ4n) is 3.75. The highest BCUT2D eigenvalue weighted by Gasteiger charge is 2.39. The van der Waals surface area contributed by atoms with Gasteiger partial charge in [0.25, 0.3) is 0 Å². The first-order valence-electron chi connectivity index (χ1n) is 11.3. The molecule has 4 rings (SSSR count). The number of halogens is 7. The van der Waals surface area contributed by atoms with Crippen LogP contribution in [0.1, 0.15) is 18.4 Å². The zero-order valence-corrected chi connectivity index (χ0v) is 20.1. The molecule has 2 aliphatic heterocycles. The van der Waals surface area contributed by atoms with Crippen molar-refractivity contribution < 1.29 is 55.3 Å². The van der Waals surface area contributed by atoms with Gasteiger partial charge in [0.1, 0.15) is 0 Å². The number of hydrogen-bond donors (Lipinski definition) is 2. The third-order valence-electron chi connectivity index (χ3n) is 5.50. The number of carboxylic acid groups (broad SMARTS) is 2. The third kappa shape index (κ3) is 10.6. The fraction of sp³-hybridized carbons (Fsp3) is 0.500. The van der Waals surface area contributed by atoms with E-state index < -0.39 is 30.1 Å². The van der Waals surface area contributed by atoms with Crippen LogP contribution in [0, 0.1) is 5.82 Å². The van der Waals surface area contributed by atoms with Crippen LogP contribution in [-0.4, -0.2) is 92.7 Å². The van der Waals surface area contributed by atoms with Gasteiger partial charge in [0.15, 0.2) is 5.82 Å². The monoisotopic (exact) mass is 571 g/mol. The number of aliphatic carboxylic acids is 2. The van der Waals surface area contributed by atoms with Crippen molar-refractivity contribution in [2.45, 2.75) is 43.9 Å². The number of anilines is 1. The molecule has 17 heteroatoms. The zero-order valence-electron chi connectivity index (χ0n) is 20.1. The third-order valence-corrected chi connectivity index (χ3v) is 5.50. The first-order valence-corrected chi connectivity index (χ1v) is 11.3. The lowest BCUT2D eigenvalue weighted by atomic mass is 10.0. The molecule has 2 aromatic heterocycles. The van der Waals surface area contributed by atoms with Crippen LogP contribution in [0.25, 0.3) is 0 Å². The highest BCUT2D eigenvalue weighted by molar-refractivity contribution is 5.73. The molecular formula is C22H24F7N5O5. The van der Waals surface area contributed by atoms with Gasteiger partial charge < -0.3 is 19.8 Å². The molecule has 0 spiro atoms. The number of fused-ring (bicyclic) bond motifs is 1. The van der Waals surface area contributed by atoms with Gasteiger partial charge in [0, 0.05) is 44.6 Å². The first kappa shape index (κ1) is 31.6. The molecule has 0 aliphatic carbocycles. The number of nitrogens with zero attached hydrogens (tertiary/aromatic N) is 5. The molecule has 10 nitrogen and oxygen atoms in total. The molecule has 0 bridgehead atoms. The van der Waals surface area contributed by atoms with Gasteiger partial charge >= 0.3 is 24.3 Å². The average Bonchev–Trinajstić information content (AvgIpc) is 3.08. The van der Waals surface area contributed by atoms with E-state index in [9.17, 15) is 30.7 Å². The van der Waals surface area contributed by atoms with E-state index in [0.29, 0.717) is 12.0 Å². The van der Waals surface area contributed by atoms with Gasteiger partial charge in [0.2, 0.25) is 5.95 Å². The summed E-state index contributed by atoms with van der Waals surface area (Å²) in [5, 5.41) is 14.2. The summed E-state index contributed by atoms with van der Waals surface area (Å²) in [4.78, 5) is 34.8. The Morgan fingerprint density at radius 3 is 1.95 bits per heavy atom. The van der Waals surface area contributed by atoms with Crippen molar-refractivity contribution >= 4 is 17.9 Å². The Morgan fingerprint density at radius 2 is 1.44 bits per heavy atom. The first-order chi connectivity index (χ1) is 18.2. The van der Waals surface area contributed by atoms with Crippen molar-refractivity contribution in [1.29, 1.82) is 0 Å². The number of hydrogen-bond acceptors (Lipinski definition) is 8. The van der Waals surface area contributed by atoms with Crippen molar-refractivity contribution in [3.8, 4) is 0 Å². The number of alkyl halides is 6. The smallest absolute Gasteiger partial charge is 0.475 e. The number of rotatable bonds is 3. The summed E-state index contributed by atoms with van der Waals surface area (Å²) in [5.41, 5.74) is 1.28. The SMILES string of the molecule is Fc1cnc(N2CCC3OCCN(Cc4ccncc4)C3CC2)nc1.O=C(O)C(F)(F)F.O=C(O)C(F)(F)F. The summed E-state index contributed by atoms with van der Waals surface area (Å²) in [6, 6.07) is 4.52. The van der Waals surface area contributed by atoms with Crippen molar-refractivity contribution in [3.05, 3.63) is 48.3 Å². The van der Waals surface area contributed by atoms with Crippen LogP contribution in [0.4, 0.5) is 36.7 Å². The summed E-state index contributed by atoms with van der Waals surface area (Å²) in [6.07, 6.45) is -1.89. The Hall–Kier alpha value is -3.60. The van der Waals surface area contributed by atoms with Crippen LogP contribution >= 0.6 is 0 Å². The Kier molecular flexibility index (Phi) is 11.3. The maximum atomic E-state index is 13.1.